The van der Waals surface area contributed by atoms with Crippen LogP contribution in [-0.2, 0) is 14.9 Å². The summed E-state index contributed by atoms with van der Waals surface area (Å²) in [6, 6.07) is 1.59. The molecule has 0 amide bonds. The lowest BCUT2D eigenvalue weighted by Crippen LogP contribution is -2.51. The number of nitrogens with one attached hydrogen (secondary N) is 1. The molecule has 3 unspecified atom stereocenters. The maximum Gasteiger partial charge on any atom is 0.323 e. The maximum absolute atomic E-state index is 11.8. The van der Waals surface area contributed by atoms with E-state index in [1.165, 1.54) is 7.11 Å². The van der Waals surface area contributed by atoms with Crippen molar-refractivity contribution in [1.82, 2.24) is 15.3 Å². The van der Waals surface area contributed by atoms with Crippen molar-refractivity contribution in [3.05, 3.63) is 24.3 Å². The summed E-state index contributed by atoms with van der Waals surface area (Å²) < 4.78 is 4.88. The number of hydrogen-bond acceptors (Lipinski definition) is 5. The molecule has 3 atom stereocenters. The van der Waals surface area contributed by atoms with Gasteiger partial charge in [0.25, 0.3) is 0 Å². The Hall–Kier alpha value is -1.49. The molecule has 1 N–H and O–H groups in total. The molecule has 1 aromatic rings. The summed E-state index contributed by atoms with van der Waals surface area (Å²) in [4.78, 5) is 19.9. The Morgan fingerprint density at radius 2 is 2.59 bits per heavy atom. The van der Waals surface area contributed by atoms with Gasteiger partial charge < -0.3 is 10.1 Å². The van der Waals surface area contributed by atoms with E-state index in [0.717, 1.165) is 25.1 Å². The van der Waals surface area contributed by atoms with Gasteiger partial charge in [-0.1, -0.05) is 0 Å². The number of carbonyl (C=O) groups excluding carboxylic acids is 1. The van der Waals surface area contributed by atoms with Gasteiger partial charge in [-0.25, -0.2) is 9.97 Å². The first kappa shape index (κ1) is 10.7. The smallest absolute Gasteiger partial charge is 0.323 e. The van der Waals surface area contributed by atoms with E-state index in [2.05, 4.69) is 21.6 Å². The summed E-state index contributed by atoms with van der Waals surface area (Å²) in [6.45, 7) is 0.862. The zero-order valence-corrected chi connectivity index (χ0v) is 9.64. The van der Waals surface area contributed by atoms with Gasteiger partial charge in [-0.05, 0) is 31.4 Å². The number of methoxy groups -OCH3 is 1. The van der Waals surface area contributed by atoms with Crippen LogP contribution >= 0.6 is 0 Å². The van der Waals surface area contributed by atoms with Crippen LogP contribution in [0.4, 0.5) is 0 Å². The third-order valence-corrected chi connectivity index (χ3v) is 3.96. The third kappa shape index (κ3) is 1.45. The first-order valence-corrected chi connectivity index (χ1v) is 5.80. The van der Waals surface area contributed by atoms with Crippen molar-refractivity contribution in [2.75, 3.05) is 13.7 Å². The number of fused-ring (bicyclic) bond motifs is 1. The van der Waals surface area contributed by atoms with Crippen LogP contribution in [0.15, 0.2) is 12.3 Å². The first-order valence-electron chi connectivity index (χ1n) is 5.80. The maximum atomic E-state index is 11.8. The number of nitrogens with zero attached hydrogens (tertiary/aromatic N) is 2. The fraction of sp³-hybridized carbons (Fsp3) is 0.583. The number of rotatable bonds is 2. The molecule has 0 bridgehead atoms. The van der Waals surface area contributed by atoms with E-state index in [9.17, 15) is 4.79 Å². The van der Waals surface area contributed by atoms with E-state index in [1.54, 1.807) is 6.20 Å². The minimum atomic E-state index is -0.283. The van der Waals surface area contributed by atoms with Gasteiger partial charge in [0.05, 0.1) is 12.8 Å². The second-order valence-corrected chi connectivity index (χ2v) is 4.68. The van der Waals surface area contributed by atoms with E-state index in [1.807, 2.05) is 6.07 Å². The summed E-state index contributed by atoms with van der Waals surface area (Å²) >= 11 is 0. The molecule has 1 saturated carbocycles. The van der Waals surface area contributed by atoms with Crippen LogP contribution in [0.3, 0.4) is 0 Å². The molecule has 2 fully saturated rings. The van der Waals surface area contributed by atoms with Crippen LogP contribution < -0.4 is 5.32 Å². The molecule has 0 spiro atoms. The lowest BCUT2D eigenvalue weighted by molar-refractivity contribution is -0.144. The second kappa shape index (κ2) is 3.77. The van der Waals surface area contributed by atoms with E-state index < -0.39 is 0 Å². The number of hydrogen-bond donors (Lipinski definition) is 1. The van der Waals surface area contributed by atoms with Gasteiger partial charge in [0, 0.05) is 11.6 Å². The molecule has 1 aliphatic carbocycles. The molecule has 1 saturated heterocycles. The number of carbonyl (C=O) groups is 1. The molecule has 2 aliphatic rings. The van der Waals surface area contributed by atoms with E-state index in [-0.39, 0.29) is 17.4 Å². The van der Waals surface area contributed by atoms with Crippen molar-refractivity contribution in [1.29, 1.82) is 0 Å². The van der Waals surface area contributed by atoms with Crippen molar-refractivity contribution in [2.45, 2.75) is 24.3 Å². The second-order valence-electron chi connectivity index (χ2n) is 4.68. The molecule has 1 aromatic heterocycles. The van der Waals surface area contributed by atoms with Crippen LogP contribution in [0.2, 0.25) is 0 Å². The van der Waals surface area contributed by atoms with Gasteiger partial charge in [0.1, 0.15) is 6.04 Å². The normalized spacial score (nSPS) is 34.9. The standard InChI is InChI=1S/C12H14N3O2/c1-17-11(16)10-12(6-8(12)2-5-14-10)9-3-4-13-7-15-9/h3-4,8,10,14H,2,5-6H2,1H3. The van der Waals surface area contributed by atoms with Crippen molar-refractivity contribution >= 4 is 5.97 Å². The molecular weight excluding hydrogens is 218 g/mol. The Morgan fingerprint density at radius 1 is 1.71 bits per heavy atom. The minimum Gasteiger partial charge on any atom is -0.468 e. The lowest BCUT2D eigenvalue weighted by atomic mass is 9.86. The summed E-state index contributed by atoms with van der Waals surface area (Å²) in [6.07, 6.45) is 6.36. The first-order chi connectivity index (χ1) is 8.29. The zero-order valence-electron chi connectivity index (χ0n) is 9.64. The van der Waals surface area contributed by atoms with Crippen LogP contribution in [0, 0.1) is 12.2 Å². The summed E-state index contributed by atoms with van der Waals surface area (Å²) in [5, 5.41) is 3.25. The van der Waals surface area contributed by atoms with Gasteiger partial charge in [-0.2, -0.15) is 0 Å². The molecule has 0 aromatic carbocycles. The van der Waals surface area contributed by atoms with Crippen molar-refractivity contribution in [2.24, 2.45) is 5.92 Å². The van der Waals surface area contributed by atoms with Crippen molar-refractivity contribution < 1.29 is 9.53 Å². The molecule has 5 nitrogen and oxygen atoms in total. The molecule has 1 aliphatic heterocycles. The molecule has 5 heteroatoms. The predicted octanol–water partition coefficient (Wildman–Crippen LogP) is 0.0694. The fourth-order valence-electron chi connectivity index (χ4n) is 3.04. The largest absolute Gasteiger partial charge is 0.468 e. The Labute approximate surface area is 99.6 Å². The van der Waals surface area contributed by atoms with Gasteiger partial charge in [0.15, 0.2) is 6.33 Å². The highest BCUT2D eigenvalue weighted by Gasteiger charge is 2.64. The van der Waals surface area contributed by atoms with Gasteiger partial charge in [-0.15, -0.1) is 0 Å². The Bertz CT molecular complexity index is 437. The fourth-order valence-corrected chi connectivity index (χ4v) is 3.04. The van der Waals surface area contributed by atoms with Crippen molar-refractivity contribution in [3.63, 3.8) is 0 Å². The Kier molecular flexibility index (Phi) is 2.36. The van der Waals surface area contributed by atoms with Gasteiger partial charge >= 0.3 is 5.97 Å². The van der Waals surface area contributed by atoms with Crippen LogP contribution in [0.1, 0.15) is 18.5 Å². The highest BCUT2D eigenvalue weighted by molar-refractivity contribution is 5.79. The van der Waals surface area contributed by atoms with Crippen LogP contribution in [0.25, 0.3) is 0 Å². The molecule has 17 heavy (non-hydrogen) atoms. The molecular formula is C12H14N3O2. The zero-order chi connectivity index (χ0) is 11.9. The third-order valence-electron chi connectivity index (χ3n) is 3.96. The predicted molar refractivity (Wildman–Crippen MR) is 59.1 cm³/mol. The topological polar surface area (TPSA) is 64.1 Å². The van der Waals surface area contributed by atoms with Gasteiger partial charge in [0.2, 0.25) is 0 Å². The quantitative estimate of drug-likeness (QED) is 0.731. The highest BCUT2D eigenvalue weighted by Crippen LogP contribution is 2.59. The Morgan fingerprint density at radius 3 is 3.29 bits per heavy atom. The highest BCUT2D eigenvalue weighted by atomic mass is 16.5. The lowest BCUT2D eigenvalue weighted by Gasteiger charge is -2.30. The average molecular weight is 232 g/mol. The van der Waals surface area contributed by atoms with Crippen LogP contribution in [-0.4, -0.2) is 35.6 Å². The van der Waals surface area contributed by atoms with Gasteiger partial charge in [-0.3, -0.25) is 4.79 Å². The number of aromatic nitrogens is 2. The Balaban J connectivity index is 1.97. The van der Waals surface area contributed by atoms with E-state index in [4.69, 9.17) is 4.74 Å². The molecule has 3 rings (SSSR count). The summed E-state index contributed by atoms with van der Waals surface area (Å²) in [5.41, 5.74) is 0.713. The monoisotopic (exact) mass is 232 g/mol. The summed E-state index contributed by atoms with van der Waals surface area (Å²) in [5.74, 6) is 0.321. The number of esters is 1. The van der Waals surface area contributed by atoms with E-state index >= 15 is 0 Å². The SMILES string of the molecule is COC(=O)C1NCCC2CC21c1ccn[c]n1. The number of piperidine rings is 1. The molecule has 89 valence electrons. The molecule has 2 heterocycles. The molecule has 1 radical (unpaired) electrons. The number of ether oxygens (including phenoxy) is 1. The van der Waals surface area contributed by atoms with Crippen LogP contribution in [0.5, 0.6) is 0 Å². The van der Waals surface area contributed by atoms with Crippen molar-refractivity contribution in [3.8, 4) is 0 Å². The minimum absolute atomic E-state index is 0.190. The van der Waals surface area contributed by atoms with E-state index in [0.29, 0.717) is 5.92 Å². The average Bonchev–Trinajstić information content (AvgIpc) is 3.14. The summed E-state index contributed by atoms with van der Waals surface area (Å²) in [7, 11) is 1.43.